The van der Waals surface area contributed by atoms with Gasteiger partial charge in [0.2, 0.25) is 0 Å². The molecule has 0 atom stereocenters. The fraction of sp³-hybridized carbons (Fsp3) is 0.368. The third-order valence-corrected chi connectivity index (χ3v) is 4.27. The molecule has 142 valence electrons. The van der Waals surface area contributed by atoms with E-state index in [-0.39, 0.29) is 11.7 Å². The molecule has 8 heteroatoms. The van der Waals surface area contributed by atoms with Crippen LogP contribution in [0.4, 0.5) is 10.5 Å². The van der Waals surface area contributed by atoms with Crippen LogP contribution in [0.5, 0.6) is 0 Å². The lowest BCUT2D eigenvalue weighted by Gasteiger charge is -2.11. The maximum atomic E-state index is 12.1. The largest absolute Gasteiger partial charge is 0.348 e. The molecular formula is C19H24N6O2. The summed E-state index contributed by atoms with van der Waals surface area (Å²) < 4.78 is 1.54. The second kappa shape index (κ2) is 7.61. The van der Waals surface area contributed by atoms with Crippen LogP contribution in [-0.4, -0.2) is 32.1 Å². The number of urea groups is 1. The number of anilines is 1. The standard InChI is InChI=1S/C19H24N6O2/c1-11(2)17-23-15-6-5-14(10-16(15)24-17)22-18(26)20-7-8-25-13(4)9-12(3)21-19(25)27/h5-6,9-11H,7-8H2,1-4H3,(H,23,24)(H2,20,22,26). The smallest absolute Gasteiger partial charge is 0.342 e. The minimum absolute atomic E-state index is 0.305. The number of nitrogens with one attached hydrogen (secondary N) is 3. The fourth-order valence-corrected chi connectivity index (χ4v) is 2.88. The van der Waals surface area contributed by atoms with Crippen LogP contribution in [0, 0.1) is 13.8 Å². The predicted molar refractivity (Wildman–Crippen MR) is 105 cm³/mol. The quantitative estimate of drug-likeness (QED) is 0.644. The van der Waals surface area contributed by atoms with Crippen LogP contribution < -0.4 is 16.3 Å². The number of amides is 2. The zero-order valence-electron chi connectivity index (χ0n) is 16.0. The molecule has 0 unspecified atom stereocenters. The monoisotopic (exact) mass is 368 g/mol. The molecule has 0 aliphatic carbocycles. The number of aromatic nitrogens is 4. The molecule has 3 aromatic rings. The van der Waals surface area contributed by atoms with Gasteiger partial charge in [0.25, 0.3) is 0 Å². The topological polar surface area (TPSA) is 105 Å². The number of aryl methyl sites for hydroxylation is 2. The average Bonchev–Trinajstić information content (AvgIpc) is 3.01. The van der Waals surface area contributed by atoms with Gasteiger partial charge >= 0.3 is 11.7 Å². The summed E-state index contributed by atoms with van der Waals surface area (Å²) in [7, 11) is 0. The van der Waals surface area contributed by atoms with E-state index in [1.165, 1.54) is 4.57 Å². The van der Waals surface area contributed by atoms with Crippen LogP contribution >= 0.6 is 0 Å². The van der Waals surface area contributed by atoms with Crippen LogP contribution in [0.15, 0.2) is 29.1 Å². The normalized spacial score (nSPS) is 11.1. The Morgan fingerprint density at radius 2 is 2.00 bits per heavy atom. The summed E-state index contributed by atoms with van der Waals surface area (Å²) in [5, 5.41) is 5.55. The number of nitrogens with zero attached hydrogens (tertiary/aromatic N) is 3. The first kappa shape index (κ1) is 18.6. The van der Waals surface area contributed by atoms with E-state index < -0.39 is 0 Å². The molecule has 0 aliphatic heterocycles. The second-order valence-corrected chi connectivity index (χ2v) is 6.86. The number of hydrogen-bond acceptors (Lipinski definition) is 4. The highest BCUT2D eigenvalue weighted by molar-refractivity contribution is 5.91. The van der Waals surface area contributed by atoms with Crippen molar-refractivity contribution in [1.29, 1.82) is 0 Å². The molecule has 0 bridgehead atoms. The molecule has 0 saturated heterocycles. The number of imidazole rings is 1. The number of carbonyl (C=O) groups is 1. The summed E-state index contributed by atoms with van der Waals surface area (Å²) in [4.78, 5) is 35.7. The van der Waals surface area contributed by atoms with E-state index in [0.29, 0.717) is 30.4 Å². The molecule has 0 saturated carbocycles. The molecule has 8 nitrogen and oxygen atoms in total. The number of carbonyl (C=O) groups excluding carboxylic acids is 1. The molecular weight excluding hydrogens is 344 g/mol. The Balaban J connectivity index is 1.59. The number of aromatic amines is 1. The van der Waals surface area contributed by atoms with Crippen molar-refractivity contribution in [1.82, 2.24) is 24.8 Å². The van der Waals surface area contributed by atoms with E-state index in [1.54, 1.807) is 6.92 Å². The van der Waals surface area contributed by atoms with Crippen LogP contribution in [0.25, 0.3) is 11.0 Å². The Morgan fingerprint density at radius 1 is 1.22 bits per heavy atom. The molecule has 2 amide bonds. The Labute approximate surface area is 157 Å². The minimum atomic E-state index is -0.330. The molecule has 0 radical (unpaired) electrons. The first-order valence-electron chi connectivity index (χ1n) is 8.93. The number of rotatable bonds is 5. The first-order chi connectivity index (χ1) is 12.8. The molecule has 0 spiro atoms. The maximum Gasteiger partial charge on any atom is 0.348 e. The van der Waals surface area contributed by atoms with Gasteiger partial charge in [0.05, 0.1) is 11.0 Å². The predicted octanol–water partition coefficient (Wildman–Crippen LogP) is 2.68. The van der Waals surface area contributed by atoms with E-state index in [9.17, 15) is 9.59 Å². The summed E-state index contributed by atoms with van der Waals surface area (Å²) >= 11 is 0. The van der Waals surface area contributed by atoms with Gasteiger partial charge in [0, 0.05) is 36.1 Å². The molecule has 2 heterocycles. The van der Waals surface area contributed by atoms with E-state index in [1.807, 2.05) is 31.2 Å². The molecule has 0 fully saturated rings. The Bertz CT molecular complexity index is 1030. The summed E-state index contributed by atoms with van der Waals surface area (Å²) in [5.41, 5.74) is 3.62. The summed E-state index contributed by atoms with van der Waals surface area (Å²) in [5.74, 6) is 1.22. The van der Waals surface area contributed by atoms with Crippen molar-refractivity contribution >= 4 is 22.8 Å². The van der Waals surface area contributed by atoms with Crippen molar-refractivity contribution in [3.8, 4) is 0 Å². The Hall–Kier alpha value is -3.16. The van der Waals surface area contributed by atoms with Crippen molar-refractivity contribution in [3.05, 3.63) is 52.0 Å². The van der Waals surface area contributed by atoms with Gasteiger partial charge in [-0.2, -0.15) is 4.98 Å². The zero-order valence-corrected chi connectivity index (χ0v) is 16.0. The molecule has 0 aliphatic rings. The number of fused-ring (bicyclic) bond motifs is 1. The lowest BCUT2D eigenvalue weighted by atomic mass is 10.2. The molecule has 27 heavy (non-hydrogen) atoms. The van der Waals surface area contributed by atoms with Crippen molar-refractivity contribution in [3.63, 3.8) is 0 Å². The molecule has 1 aromatic carbocycles. The number of hydrogen-bond donors (Lipinski definition) is 3. The highest BCUT2D eigenvalue weighted by Crippen LogP contribution is 2.20. The highest BCUT2D eigenvalue weighted by atomic mass is 16.2. The lowest BCUT2D eigenvalue weighted by molar-refractivity contribution is 0.251. The van der Waals surface area contributed by atoms with Crippen LogP contribution in [0.2, 0.25) is 0 Å². The first-order valence-corrected chi connectivity index (χ1v) is 8.93. The van der Waals surface area contributed by atoms with E-state index in [0.717, 1.165) is 22.6 Å². The number of benzene rings is 1. The van der Waals surface area contributed by atoms with Gasteiger partial charge in [0.1, 0.15) is 5.82 Å². The van der Waals surface area contributed by atoms with Crippen LogP contribution in [0.1, 0.15) is 37.0 Å². The summed E-state index contributed by atoms with van der Waals surface area (Å²) in [6, 6.07) is 7.04. The van der Waals surface area contributed by atoms with Gasteiger partial charge in [0.15, 0.2) is 0 Å². The summed E-state index contributed by atoms with van der Waals surface area (Å²) in [6.07, 6.45) is 0. The van der Waals surface area contributed by atoms with Crippen LogP contribution in [0.3, 0.4) is 0 Å². The van der Waals surface area contributed by atoms with Gasteiger partial charge in [-0.1, -0.05) is 13.8 Å². The van der Waals surface area contributed by atoms with Crippen LogP contribution in [-0.2, 0) is 6.54 Å². The van der Waals surface area contributed by atoms with E-state index >= 15 is 0 Å². The van der Waals surface area contributed by atoms with Crippen molar-refractivity contribution in [2.75, 3.05) is 11.9 Å². The van der Waals surface area contributed by atoms with E-state index in [4.69, 9.17) is 0 Å². The third-order valence-electron chi connectivity index (χ3n) is 4.27. The third kappa shape index (κ3) is 4.33. The Kier molecular flexibility index (Phi) is 5.25. The lowest BCUT2D eigenvalue weighted by Crippen LogP contribution is -2.35. The second-order valence-electron chi connectivity index (χ2n) is 6.86. The zero-order chi connectivity index (χ0) is 19.6. The van der Waals surface area contributed by atoms with Crippen molar-refractivity contribution in [2.24, 2.45) is 0 Å². The molecule has 3 N–H and O–H groups in total. The average molecular weight is 368 g/mol. The summed E-state index contributed by atoms with van der Waals surface area (Å²) in [6.45, 7) is 8.46. The van der Waals surface area contributed by atoms with Gasteiger partial charge in [-0.25, -0.2) is 14.6 Å². The van der Waals surface area contributed by atoms with Gasteiger partial charge in [-0.15, -0.1) is 0 Å². The van der Waals surface area contributed by atoms with Crippen molar-refractivity contribution < 1.29 is 4.79 Å². The molecule has 2 aromatic heterocycles. The van der Waals surface area contributed by atoms with Gasteiger partial charge in [-0.3, -0.25) is 4.57 Å². The van der Waals surface area contributed by atoms with Gasteiger partial charge in [-0.05, 0) is 38.1 Å². The molecule has 3 rings (SSSR count). The van der Waals surface area contributed by atoms with Gasteiger partial charge < -0.3 is 15.6 Å². The maximum absolute atomic E-state index is 12.1. The highest BCUT2D eigenvalue weighted by Gasteiger charge is 2.09. The Morgan fingerprint density at radius 3 is 2.70 bits per heavy atom. The number of H-pyrrole nitrogens is 1. The minimum Gasteiger partial charge on any atom is -0.342 e. The fourth-order valence-electron chi connectivity index (χ4n) is 2.88. The van der Waals surface area contributed by atoms with E-state index in [2.05, 4.69) is 39.4 Å². The van der Waals surface area contributed by atoms with Crippen molar-refractivity contribution in [2.45, 2.75) is 40.2 Å². The SMILES string of the molecule is Cc1cc(C)n(CCNC(=O)Nc2ccc3nc(C(C)C)[nH]c3c2)c(=O)n1.